The van der Waals surface area contributed by atoms with Crippen LogP contribution in [0.5, 0.6) is 0 Å². The number of hydrogen-bond acceptors (Lipinski definition) is 6. The Morgan fingerprint density at radius 2 is 1.67 bits per heavy atom. The van der Waals surface area contributed by atoms with Crippen molar-refractivity contribution < 1.29 is 24.0 Å². The fourth-order valence-corrected chi connectivity index (χ4v) is 1.43. The highest BCUT2D eigenvalue weighted by Crippen LogP contribution is 2.22. The molecule has 0 radical (unpaired) electrons. The van der Waals surface area contributed by atoms with Crippen molar-refractivity contribution in [3.63, 3.8) is 0 Å². The summed E-state index contributed by atoms with van der Waals surface area (Å²) in [4.78, 5) is 32.4. The smallest absolute Gasteiger partial charge is 0.330 e. The summed E-state index contributed by atoms with van der Waals surface area (Å²) < 4.78 is 8.87. The Morgan fingerprint density at radius 3 is 2.19 bits per heavy atom. The first-order valence-electron chi connectivity index (χ1n) is 5.78. The van der Waals surface area contributed by atoms with E-state index in [0.29, 0.717) is 5.56 Å². The summed E-state index contributed by atoms with van der Waals surface area (Å²) in [5.74, 6) is -1.17. The van der Waals surface area contributed by atoms with Crippen LogP contribution in [-0.4, -0.2) is 31.1 Å². The number of nitrogens with zero attached hydrogens (tertiary/aromatic N) is 1. The van der Waals surface area contributed by atoms with Gasteiger partial charge in [-0.1, -0.05) is 0 Å². The minimum atomic E-state index is -0.625. The number of hydrogen-bond donors (Lipinski definition) is 0. The summed E-state index contributed by atoms with van der Waals surface area (Å²) in [7, 11) is 2.45. The molecule has 0 heterocycles. The van der Waals surface area contributed by atoms with Gasteiger partial charge in [0.1, 0.15) is 0 Å². The molecule has 0 aliphatic rings. The predicted molar refractivity (Wildman–Crippen MR) is 75.2 cm³/mol. The van der Waals surface area contributed by atoms with Gasteiger partial charge in [-0.2, -0.15) is 0 Å². The molecule has 1 aromatic rings. The highest BCUT2D eigenvalue weighted by Gasteiger charge is 2.11. The van der Waals surface area contributed by atoms with Crippen LogP contribution in [0.1, 0.15) is 11.1 Å². The maximum absolute atomic E-state index is 11.1. The van der Waals surface area contributed by atoms with Crippen molar-refractivity contribution in [1.29, 1.82) is 0 Å². The van der Waals surface area contributed by atoms with Gasteiger partial charge < -0.3 is 9.47 Å². The monoisotopic (exact) mass is 291 g/mol. The molecule has 7 nitrogen and oxygen atoms in total. The lowest BCUT2D eigenvalue weighted by molar-refractivity contribution is -0.385. The van der Waals surface area contributed by atoms with E-state index in [1.165, 1.54) is 50.6 Å². The topological polar surface area (TPSA) is 95.7 Å². The molecule has 1 aromatic carbocycles. The predicted octanol–water partition coefficient (Wildman–Crippen LogP) is 1.97. The number of ether oxygens (including phenoxy) is 2. The lowest BCUT2D eigenvalue weighted by Crippen LogP contribution is -1.96. The van der Waals surface area contributed by atoms with E-state index in [9.17, 15) is 19.7 Å². The van der Waals surface area contributed by atoms with Gasteiger partial charge in [-0.3, -0.25) is 10.1 Å². The standard InChI is InChI=1S/C14H13NO6/c1-20-13(16)7-4-10-3-6-12(15(18)19)11(9-10)5-8-14(17)21-2/h3-9H,1-2H3/b7-4+,8-5+. The van der Waals surface area contributed by atoms with Gasteiger partial charge in [-0.15, -0.1) is 0 Å². The van der Waals surface area contributed by atoms with Crippen LogP contribution in [-0.2, 0) is 19.1 Å². The first-order chi connectivity index (χ1) is 9.97. The van der Waals surface area contributed by atoms with Crippen molar-refractivity contribution in [2.45, 2.75) is 0 Å². The zero-order valence-corrected chi connectivity index (χ0v) is 11.4. The molecule has 0 aliphatic heterocycles. The molecule has 0 aliphatic carbocycles. The lowest BCUT2D eigenvalue weighted by atomic mass is 10.1. The van der Waals surface area contributed by atoms with E-state index in [1.807, 2.05) is 0 Å². The van der Waals surface area contributed by atoms with Gasteiger partial charge in [0.2, 0.25) is 0 Å². The minimum Gasteiger partial charge on any atom is -0.466 e. The summed E-state index contributed by atoms with van der Waals surface area (Å²) in [6.45, 7) is 0. The summed E-state index contributed by atoms with van der Waals surface area (Å²) in [5.41, 5.74) is 0.610. The number of benzene rings is 1. The van der Waals surface area contributed by atoms with Crippen LogP contribution >= 0.6 is 0 Å². The maximum Gasteiger partial charge on any atom is 0.330 e. The fourth-order valence-electron chi connectivity index (χ4n) is 1.43. The van der Waals surface area contributed by atoms with Crippen molar-refractivity contribution in [2.75, 3.05) is 14.2 Å². The normalized spacial score (nSPS) is 10.8. The molecule has 0 bridgehead atoms. The maximum atomic E-state index is 11.1. The van der Waals surface area contributed by atoms with Crippen molar-refractivity contribution in [3.8, 4) is 0 Å². The molecule has 7 heteroatoms. The Bertz CT molecular complexity index is 618. The van der Waals surface area contributed by atoms with Crippen molar-refractivity contribution >= 4 is 29.8 Å². The summed E-state index contributed by atoms with van der Waals surface area (Å²) in [6, 6.07) is 4.23. The summed E-state index contributed by atoms with van der Waals surface area (Å²) in [6.07, 6.45) is 5.00. The van der Waals surface area contributed by atoms with E-state index in [4.69, 9.17) is 0 Å². The molecule has 0 atom stereocenters. The Labute approximate surface area is 120 Å². The molecule has 0 saturated carbocycles. The average molecular weight is 291 g/mol. The van der Waals surface area contributed by atoms with Gasteiger partial charge in [-0.25, -0.2) is 9.59 Å². The molecule has 110 valence electrons. The SMILES string of the molecule is COC(=O)/C=C/c1ccc([N+](=O)[O-])c(/C=C/C(=O)OC)c1. The number of nitro benzene ring substituents is 1. The zero-order valence-electron chi connectivity index (χ0n) is 11.4. The number of carbonyl (C=O) groups excluding carboxylic acids is 2. The quantitative estimate of drug-likeness (QED) is 0.356. The van der Waals surface area contributed by atoms with Crippen molar-refractivity contribution in [1.82, 2.24) is 0 Å². The Kier molecular flexibility index (Phi) is 5.81. The van der Waals surface area contributed by atoms with Crippen LogP contribution < -0.4 is 0 Å². The van der Waals surface area contributed by atoms with E-state index in [1.54, 1.807) is 0 Å². The van der Waals surface area contributed by atoms with Gasteiger partial charge in [0.05, 0.1) is 24.7 Å². The minimum absolute atomic E-state index is 0.162. The van der Waals surface area contributed by atoms with E-state index < -0.39 is 16.9 Å². The van der Waals surface area contributed by atoms with Crippen LogP contribution in [0.2, 0.25) is 0 Å². The van der Waals surface area contributed by atoms with Gasteiger partial charge in [0.15, 0.2) is 0 Å². The molecular formula is C14H13NO6. The Morgan fingerprint density at radius 1 is 1.10 bits per heavy atom. The molecule has 0 unspecified atom stereocenters. The molecular weight excluding hydrogens is 278 g/mol. The molecule has 0 fully saturated rings. The van der Waals surface area contributed by atoms with Gasteiger partial charge in [-0.05, 0) is 29.8 Å². The first-order valence-corrected chi connectivity index (χ1v) is 5.78. The number of nitro groups is 1. The highest BCUT2D eigenvalue weighted by atomic mass is 16.6. The van der Waals surface area contributed by atoms with Crippen LogP contribution in [0.25, 0.3) is 12.2 Å². The van der Waals surface area contributed by atoms with Crippen molar-refractivity contribution in [2.24, 2.45) is 0 Å². The highest BCUT2D eigenvalue weighted by molar-refractivity contribution is 5.89. The summed E-state index contributed by atoms with van der Waals surface area (Å²) >= 11 is 0. The van der Waals surface area contributed by atoms with Crippen LogP contribution in [0, 0.1) is 10.1 Å². The molecule has 0 spiro atoms. The second-order valence-electron chi connectivity index (χ2n) is 3.79. The zero-order chi connectivity index (χ0) is 15.8. The van der Waals surface area contributed by atoms with Crippen LogP contribution in [0.4, 0.5) is 5.69 Å². The number of rotatable bonds is 5. The molecule has 21 heavy (non-hydrogen) atoms. The Balaban J connectivity index is 3.15. The molecule has 0 amide bonds. The van der Waals surface area contributed by atoms with Gasteiger partial charge >= 0.3 is 11.9 Å². The van der Waals surface area contributed by atoms with E-state index in [0.717, 1.165) is 6.08 Å². The van der Waals surface area contributed by atoms with E-state index in [2.05, 4.69) is 9.47 Å². The Hall–Kier alpha value is -2.96. The third-order valence-corrected chi connectivity index (χ3v) is 2.46. The largest absolute Gasteiger partial charge is 0.466 e. The van der Waals surface area contributed by atoms with E-state index in [-0.39, 0.29) is 11.3 Å². The van der Waals surface area contributed by atoms with Gasteiger partial charge in [0, 0.05) is 18.2 Å². The van der Waals surface area contributed by atoms with E-state index >= 15 is 0 Å². The fraction of sp³-hybridized carbons (Fsp3) is 0.143. The van der Waals surface area contributed by atoms with Crippen molar-refractivity contribution in [3.05, 3.63) is 51.6 Å². The molecule has 0 N–H and O–H groups in total. The second-order valence-corrected chi connectivity index (χ2v) is 3.79. The third-order valence-electron chi connectivity index (χ3n) is 2.46. The number of methoxy groups -OCH3 is 2. The molecule has 0 aromatic heterocycles. The van der Waals surface area contributed by atoms with Crippen LogP contribution in [0.3, 0.4) is 0 Å². The number of carbonyl (C=O) groups is 2. The lowest BCUT2D eigenvalue weighted by Gasteiger charge is -2.00. The summed E-state index contributed by atoms with van der Waals surface area (Å²) in [5, 5.41) is 10.9. The molecule has 1 rings (SSSR count). The van der Waals surface area contributed by atoms with Gasteiger partial charge in [0.25, 0.3) is 5.69 Å². The second kappa shape index (κ2) is 7.59. The van der Waals surface area contributed by atoms with Crippen LogP contribution in [0.15, 0.2) is 30.4 Å². The third kappa shape index (κ3) is 4.90. The average Bonchev–Trinajstić information content (AvgIpc) is 2.49. The number of esters is 2. The molecule has 0 saturated heterocycles. The first kappa shape index (κ1) is 16.1.